The van der Waals surface area contributed by atoms with E-state index in [0.29, 0.717) is 29.5 Å². The fourth-order valence-corrected chi connectivity index (χ4v) is 6.89. The van der Waals surface area contributed by atoms with Crippen molar-refractivity contribution in [3.8, 4) is 0 Å². The lowest BCUT2D eigenvalue weighted by Crippen LogP contribution is -2.48. The highest BCUT2D eigenvalue weighted by Crippen LogP contribution is 2.35. The summed E-state index contributed by atoms with van der Waals surface area (Å²) in [5, 5.41) is 7.28. The second-order valence-corrected chi connectivity index (χ2v) is 12.2. The van der Waals surface area contributed by atoms with Crippen LogP contribution in [-0.2, 0) is 9.84 Å². The maximum atomic E-state index is 11.7. The van der Waals surface area contributed by atoms with Crippen molar-refractivity contribution < 1.29 is 8.42 Å². The van der Waals surface area contributed by atoms with Gasteiger partial charge in [0.1, 0.15) is 0 Å². The van der Waals surface area contributed by atoms with Crippen molar-refractivity contribution in [3.05, 3.63) is 0 Å². The molecule has 2 N–H and O–H groups in total. The molecule has 0 aromatic rings. The number of nitrogens with zero attached hydrogens (tertiary/aromatic N) is 1. The lowest BCUT2D eigenvalue weighted by molar-refractivity contribution is 0.210. The van der Waals surface area contributed by atoms with Crippen LogP contribution in [0.25, 0.3) is 0 Å². The molecule has 0 aromatic heterocycles. The first-order valence-corrected chi connectivity index (χ1v) is 12.9. The predicted molar refractivity (Wildman–Crippen MR) is 128 cm³/mol. The molecule has 28 heavy (non-hydrogen) atoms. The van der Waals surface area contributed by atoms with E-state index in [1.807, 2.05) is 0 Å². The van der Waals surface area contributed by atoms with Crippen molar-refractivity contribution in [2.24, 2.45) is 22.2 Å². The molecule has 0 bridgehead atoms. The third-order valence-corrected chi connectivity index (χ3v) is 8.50. The van der Waals surface area contributed by atoms with Crippen LogP contribution in [0.15, 0.2) is 4.99 Å². The molecule has 0 spiro atoms. The van der Waals surface area contributed by atoms with Gasteiger partial charge in [-0.25, -0.2) is 8.42 Å². The minimum atomic E-state index is -2.83. The van der Waals surface area contributed by atoms with Gasteiger partial charge < -0.3 is 10.6 Å². The summed E-state index contributed by atoms with van der Waals surface area (Å²) in [6.07, 6.45) is 12.4. The van der Waals surface area contributed by atoms with Crippen molar-refractivity contribution in [1.29, 1.82) is 0 Å². The van der Waals surface area contributed by atoms with Crippen molar-refractivity contribution in [1.82, 2.24) is 10.6 Å². The number of guanidine groups is 1. The van der Waals surface area contributed by atoms with E-state index in [2.05, 4.69) is 24.5 Å². The normalized spacial score (nSPS) is 30.4. The average molecular weight is 526 g/mol. The van der Waals surface area contributed by atoms with Crippen LogP contribution in [-0.4, -0.2) is 45.0 Å². The van der Waals surface area contributed by atoms with Gasteiger partial charge in [0, 0.05) is 19.1 Å². The highest BCUT2D eigenvalue weighted by atomic mass is 127. The fraction of sp³-hybridized carbons (Fsp3) is 0.952. The van der Waals surface area contributed by atoms with Crippen molar-refractivity contribution in [2.45, 2.75) is 84.1 Å². The van der Waals surface area contributed by atoms with Gasteiger partial charge in [0.05, 0.1) is 11.5 Å². The van der Waals surface area contributed by atoms with Gasteiger partial charge in [-0.1, -0.05) is 39.5 Å². The number of halogens is 1. The first-order chi connectivity index (χ1) is 12.8. The average Bonchev–Trinajstić information content (AvgIpc) is 2.96. The smallest absolute Gasteiger partial charge is 0.191 e. The van der Waals surface area contributed by atoms with E-state index in [0.717, 1.165) is 24.8 Å². The number of hydrogen-bond donors (Lipinski definition) is 2. The highest BCUT2D eigenvalue weighted by Gasteiger charge is 2.30. The van der Waals surface area contributed by atoms with Crippen LogP contribution in [0.4, 0.5) is 0 Å². The summed E-state index contributed by atoms with van der Waals surface area (Å²) >= 11 is 0. The number of sulfone groups is 1. The van der Waals surface area contributed by atoms with E-state index in [1.54, 1.807) is 0 Å². The molecule has 1 heterocycles. The van der Waals surface area contributed by atoms with E-state index >= 15 is 0 Å². The highest BCUT2D eigenvalue weighted by molar-refractivity contribution is 14.0. The van der Waals surface area contributed by atoms with Crippen LogP contribution < -0.4 is 10.6 Å². The van der Waals surface area contributed by atoms with Crippen molar-refractivity contribution >= 4 is 39.8 Å². The quantitative estimate of drug-likeness (QED) is 0.322. The van der Waals surface area contributed by atoms with Crippen LogP contribution >= 0.6 is 24.0 Å². The Morgan fingerprint density at radius 1 is 1.04 bits per heavy atom. The summed E-state index contributed by atoms with van der Waals surface area (Å²) in [6.45, 7) is 6.33. The Morgan fingerprint density at radius 3 is 2.43 bits per heavy atom. The standard InChI is InChI=1S/C21H39N3O2S.HI/c1-21(2)11-6-9-19(13-21)24-20(22-14-17-7-4-3-5-8-17)23-15-18-10-12-27(25,26)16-18;/h17-19H,3-16H2,1-2H3,(H2,22,23,24);1H. The predicted octanol–water partition coefficient (Wildman–Crippen LogP) is 4.12. The van der Waals surface area contributed by atoms with Crippen molar-refractivity contribution in [3.63, 3.8) is 0 Å². The molecular formula is C21H40IN3O2S. The number of rotatable bonds is 5. The third-order valence-electron chi connectivity index (χ3n) is 6.66. The Hall–Kier alpha value is -0.0500. The molecule has 3 rings (SSSR count). The fourth-order valence-electron chi connectivity index (χ4n) is 5.04. The van der Waals surface area contributed by atoms with Crippen molar-refractivity contribution in [2.75, 3.05) is 24.6 Å². The third kappa shape index (κ3) is 8.00. The largest absolute Gasteiger partial charge is 0.356 e. The van der Waals surface area contributed by atoms with Gasteiger partial charge in [0.15, 0.2) is 15.8 Å². The maximum absolute atomic E-state index is 11.7. The summed E-state index contributed by atoms with van der Waals surface area (Å²) in [7, 11) is -2.83. The minimum Gasteiger partial charge on any atom is -0.356 e. The summed E-state index contributed by atoms with van der Waals surface area (Å²) in [6, 6.07) is 0.471. The topological polar surface area (TPSA) is 70.6 Å². The second-order valence-electron chi connectivity index (χ2n) is 9.95. The number of nitrogens with one attached hydrogen (secondary N) is 2. The van der Waals surface area contributed by atoms with Gasteiger partial charge >= 0.3 is 0 Å². The Bertz CT molecular complexity index is 615. The lowest BCUT2D eigenvalue weighted by Gasteiger charge is -2.36. The molecule has 3 fully saturated rings. The van der Waals surface area contributed by atoms with Gasteiger partial charge in [-0.15, -0.1) is 24.0 Å². The summed E-state index contributed by atoms with van der Waals surface area (Å²) < 4.78 is 23.5. The molecule has 164 valence electrons. The summed E-state index contributed by atoms with van der Waals surface area (Å²) in [5.74, 6) is 2.49. The Labute approximate surface area is 189 Å². The van der Waals surface area contributed by atoms with Gasteiger partial charge in [0.2, 0.25) is 0 Å². The van der Waals surface area contributed by atoms with E-state index in [1.165, 1.54) is 57.8 Å². The minimum absolute atomic E-state index is 0. The molecule has 7 heteroatoms. The van der Waals surface area contributed by atoms with Gasteiger partial charge in [-0.2, -0.15) is 0 Å². The van der Waals surface area contributed by atoms with E-state index < -0.39 is 9.84 Å². The molecule has 1 aliphatic heterocycles. The van der Waals surface area contributed by atoms with Gasteiger partial charge in [-0.3, -0.25) is 4.99 Å². The lowest BCUT2D eigenvalue weighted by atomic mass is 9.75. The zero-order valence-corrected chi connectivity index (χ0v) is 20.9. The molecule has 2 atom stereocenters. The summed E-state index contributed by atoms with van der Waals surface area (Å²) in [4.78, 5) is 4.83. The molecule has 1 saturated heterocycles. The first kappa shape index (κ1) is 24.2. The molecule has 2 unspecified atom stereocenters. The Kier molecular flexibility index (Phi) is 9.36. The monoisotopic (exact) mass is 525 g/mol. The first-order valence-electron chi connectivity index (χ1n) is 11.1. The summed E-state index contributed by atoms with van der Waals surface area (Å²) in [5.41, 5.74) is 0.393. The molecule has 5 nitrogen and oxygen atoms in total. The van der Waals surface area contributed by atoms with Gasteiger partial charge in [0.25, 0.3) is 0 Å². The Morgan fingerprint density at radius 2 is 1.79 bits per heavy atom. The van der Waals surface area contributed by atoms with Crippen LogP contribution in [0, 0.1) is 17.3 Å². The van der Waals surface area contributed by atoms with Gasteiger partial charge in [-0.05, 0) is 55.8 Å². The number of aliphatic imine (C=N–C) groups is 1. The zero-order valence-electron chi connectivity index (χ0n) is 17.7. The van der Waals surface area contributed by atoms with E-state index in [9.17, 15) is 8.42 Å². The number of hydrogen-bond acceptors (Lipinski definition) is 3. The molecule has 0 radical (unpaired) electrons. The van der Waals surface area contributed by atoms with Crippen LogP contribution in [0.5, 0.6) is 0 Å². The molecule has 0 aromatic carbocycles. The van der Waals surface area contributed by atoms with E-state index in [4.69, 9.17) is 4.99 Å². The molecule has 2 saturated carbocycles. The second kappa shape index (κ2) is 10.8. The van der Waals surface area contributed by atoms with Crippen LogP contribution in [0.2, 0.25) is 0 Å². The molecular weight excluding hydrogens is 485 g/mol. The molecule has 3 aliphatic rings. The van der Waals surface area contributed by atoms with E-state index in [-0.39, 0.29) is 29.9 Å². The maximum Gasteiger partial charge on any atom is 0.191 e. The SMILES string of the molecule is CC1(C)CCCC(NC(=NCC2CCS(=O)(=O)C2)NCC2CCCCC2)C1.I. The Balaban J connectivity index is 0.00000280. The zero-order chi connectivity index (χ0) is 19.3. The molecule has 0 amide bonds. The molecule has 2 aliphatic carbocycles. The van der Waals surface area contributed by atoms with Crippen LogP contribution in [0.3, 0.4) is 0 Å². The van der Waals surface area contributed by atoms with Crippen LogP contribution in [0.1, 0.15) is 78.1 Å².